The van der Waals surface area contributed by atoms with E-state index in [0.29, 0.717) is 16.4 Å². The monoisotopic (exact) mass is 414 g/mol. The second-order valence-corrected chi connectivity index (χ2v) is 9.83. The molecule has 0 fully saturated rings. The highest BCUT2D eigenvalue weighted by atomic mass is 32.2. The topological polar surface area (TPSA) is 76.1 Å². The van der Waals surface area contributed by atoms with Crippen LogP contribution in [0, 0.1) is 0 Å². The molecule has 0 saturated heterocycles. The zero-order valence-corrected chi connectivity index (χ0v) is 17.3. The van der Waals surface area contributed by atoms with Crippen LogP contribution >= 0.6 is 11.3 Å². The maximum Gasteiger partial charge on any atom is 0.251 e. The van der Waals surface area contributed by atoms with Crippen molar-refractivity contribution in [2.45, 2.75) is 29.9 Å². The Morgan fingerprint density at radius 1 is 1.07 bits per heavy atom. The van der Waals surface area contributed by atoms with Gasteiger partial charge in [0, 0.05) is 29.4 Å². The lowest BCUT2D eigenvalue weighted by atomic mass is 10.0. The first-order chi connectivity index (χ1) is 13.4. The number of thiophene rings is 1. The predicted molar refractivity (Wildman–Crippen MR) is 111 cm³/mol. The zero-order valence-electron chi connectivity index (χ0n) is 15.7. The van der Waals surface area contributed by atoms with Crippen molar-refractivity contribution in [1.82, 2.24) is 10.3 Å². The first kappa shape index (κ1) is 20.2. The average molecular weight is 415 g/mol. The quantitative estimate of drug-likeness (QED) is 0.628. The molecule has 0 unspecified atom stereocenters. The minimum Gasteiger partial charge on any atom is -0.350 e. The normalized spacial score (nSPS) is 12.7. The highest BCUT2D eigenvalue weighted by molar-refractivity contribution is 7.91. The van der Waals surface area contributed by atoms with E-state index in [1.54, 1.807) is 30.3 Å². The number of nitrogens with one attached hydrogen (secondary N) is 1. The largest absolute Gasteiger partial charge is 0.350 e. The van der Waals surface area contributed by atoms with Crippen molar-refractivity contribution in [3.05, 3.63) is 82.3 Å². The summed E-state index contributed by atoms with van der Waals surface area (Å²) in [4.78, 5) is 17.2. The molecule has 2 heterocycles. The van der Waals surface area contributed by atoms with E-state index in [9.17, 15) is 13.2 Å². The van der Waals surface area contributed by atoms with E-state index in [4.69, 9.17) is 0 Å². The number of carbonyl (C=O) groups is 1. The molecule has 28 heavy (non-hydrogen) atoms. The Labute approximate surface area is 169 Å². The van der Waals surface area contributed by atoms with Gasteiger partial charge in [-0.1, -0.05) is 32.0 Å². The van der Waals surface area contributed by atoms with E-state index in [-0.39, 0.29) is 17.3 Å². The molecule has 2 aromatic heterocycles. The molecule has 0 aliphatic heterocycles. The van der Waals surface area contributed by atoms with Crippen LogP contribution in [0.3, 0.4) is 0 Å². The average Bonchev–Trinajstić information content (AvgIpc) is 3.23. The molecule has 3 aromatic rings. The molecular formula is C21H22N2O3S2. The number of rotatable bonds is 7. The Hall–Kier alpha value is -2.51. The Morgan fingerprint density at radius 2 is 1.75 bits per heavy atom. The minimum atomic E-state index is -3.66. The van der Waals surface area contributed by atoms with Crippen molar-refractivity contribution in [3.8, 4) is 0 Å². The molecule has 0 aliphatic carbocycles. The van der Waals surface area contributed by atoms with E-state index in [0.717, 1.165) is 5.56 Å². The molecule has 3 rings (SSSR count). The van der Waals surface area contributed by atoms with Gasteiger partial charge in [0.1, 0.15) is 5.25 Å². The van der Waals surface area contributed by atoms with Crippen molar-refractivity contribution in [2.24, 2.45) is 0 Å². The molecule has 7 heteroatoms. The van der Waals surface area contributed by atoms with E-state index in [1.165, 1.54) is 23.7 Å². The third-order valence-electron chi connectivity index (χ3n) is 4.50. The van der Waals surface area contributed by atoms with Crippen LogP contribution in [0.2, 0.25) is 0 Å². The Kier molecular flexibility index (Phi) is 6.26. The molecular weight excluding hydrogens is 392 g/mol. The highest BCUT2D eigenvalue weighted by Gasteiger charge is 2.30. The van der Waals surface area contributed by atoms with Crippen LogP contribution in [0.4, 0.5) is 0 Å². The molecule has 0 spiro atoms. The molecule has 0 aliphatic rings. The number of nitrogens with zero attached hydrogens (tertiary/aromatic N) is 1. The van der Waals surface area contributed by atoms with Crippen LogP contribution < -0.4 is 5.32 Å². The van der Waals surface area contributed by atoms with Crippen LogP contribution in [0.5, 0.6) is 0 Å². The van der Waals surface area contributed by atoms with Crippen LogP contribution in [0.1, 0.15) is 45.8 Å². The van der Waals surface area contributed by atoms with Gasteiger partial charge in [0.05, 0.1) is 4.90 Å². The maximum atomic E-state index is 13.3. The van der Waals surface area contributed by atoms with Gasteiger partial charge in [-0.05, 0) is 47.2 Å². The standard InChI is InChI=1S/C21H22N2O3S2/c1-15(2)16-5-7-18(8-6-16)28(25,26)20(19-4-3-13-27-19)14-23-21(24)17-9-11-22-12-10-17/h3-13,15,20H,14H2,1-2H3,(H,23,24)/t20-/m0/s1. The summed E-state index contributed by atoms with van der Waals surface area (Å²) in [5.41, 5.74) is 1.52. The molecule has 0 bridgehead atoms. The number of carbonyl (C=O) groups excluding carboxylic acids is 1. The lowest BCUT2D eigenvalue weighted by molar-refractivity contribution is 0.0953. The van der Waals surface area contributed by atoms with Gasteiger partial charge >= 0.3 is 0 Å². The summed E-state index contributed by atoms with van der Waals surface area (Å²) in [7, 11) is -3.66. The van der Waals surface area contributed by atoms with Crippen molar-refractivity contribution in [3.63, 3.8) is 0 Å². The summed E-state index contributed by atoms with van der Waals surface area (Å²) in [5.74, 6) is -0.00110. The summed E-state index contributed by atoms with van der Waals surface area (Å²) >= 11 is 1.37. The number of sulfone groups is 1. The van der Waals surface area contributed by atoms with Gasteiger partial charge in [0.15, 0.2) is 9.84 Å². The summed E-state index contributed by atoms with van der Waals surface area (Å²) in [6.07, 6.45) is 3.05. The van der Waals surface area contributed by atoms with Crippen LogP contribution in [0.15, 0.2) is 71.2 Å². The van der Waals surface area contributed by atoms with Crippen molar-refractivity contribution < 1.29 is 13.2 Å². The van der Waals surface area contributed by atoms with Gasteiger partial charge in [0.2, 0.25) is 0 Å². The Bertz CT molecular complexity index is 1010. The molecule has 1 atom stereocenters. The number of hydrogen-bond acceptors (Lipinski definition) is 5. The van der Waals surface area contributed by atoms with E-state index in [1.807, 2.05) is 23.6 Å². The maximum absolute atomic E-state index is 13.3. The second-order valence-electron chi connectivity index (χ2n) is 6.72. The molecule has 146 valence electrons. The van der Waals surface area contributed by atoms with Crippen LogP contribution in [-0.2, 0) is 9.84 Å². The fraction of sp³-hybridized carbons (Fsp3) is 0.238. The van der Waals surface area contributed by atoms with E-state index < -0.39 is 15.1 Å². The fourth-order valence-electron chi connectivity index (χ4n) is 2.84. The smallest absolute Gasteiger partial charge is 0.251 e. The van der Waals surface area contributed by atoms with Gasteiger partial charge in [-0.3, -0.25) is 9.78 Å². The van der Waals surface area contributed by atoms with Crippen LogP contribution in [-0.4, -0.2) is 25.9 Å². The number of pyridine rings is 1. The summed E-state index contributed by atoms with van der Waals surface area (Å²) < 4.78 is 26.6. The van der Waals surface area contributed by atoms with Gasteiger partial charge < -0.3 is 5.32 Å². The fourth-order valence-corrected chi connectivity index (χ4v) is 5.62. The molecule has 5 nitrogen and oxygen atoms in total. The molecule has 0 radical (unpaired) electrons. The zero-order chi connectivity index (χ0) is 20.1. The third kappa shape index (κ3) is 4.48. The summed E-state index contributed by atoms with van der Waals surface area (Å²) in [6.45, 7) is 4.12. The van der Waals surface area contributed by atoms with Crippen LogP contribution in [0.25, 0.3) is 0 Å². The Balaban J connectivity index is 1.86. The van der Waals surface area contributed by atoms with Gasteiger partial charge in [-0.15, -0.1) is 11.3 Å². The number of benzene rings is 1. The molecule has 1 N–H and O–H groups in total. The molecule has 1 amide bonds. The lowest BCUT2D eigenvalue weighted by Gasteiger charge is -2.18. The summed E-state index contributed by atoms with van der Waals surface area (Å²) in [5, 5.41) is 3.75. The molecule has 1 aromatic carbocycles. The van der Waals surface area contributed by atoms with Gasteiger partial charge in [0.25, 0.3) is 5.91 Å². The highest BCUT2D eigenvalue weighted by Crippen LogP contribution is 2.32. The number of amides is 1. The lowest BCUT2D eigenvalue weighted by Crippen LogP contribution is -2.31. The third-order valence-corrected chi connectivity index (χ3v) is 7.74. The summed E-state index contributed by atoms with van der Waals surface area (Å²) in [6, 6.07) is 13.8. The van der Waals surface area contributed by atoms with E-state index in [2.05, 4.69) is 24.1 Å². The number of hydrogen-bond donors (Lipinski definition) is 1. The van der Waals surface area contributed by atoms with Gasteiger partial charge in [-0.2, -0.15) is 0 Å². The first-order valence-corrected chi connectivity index (χ1v) is 11.4. The predicted octanol–water partition coefficient (Wildman–Crippen LogP) is 4.21. The van der Waals surface area contributed by atoms with Crippen molar-refractivity contribution >= 4 is 27.1 Å². The number of aromatic nitrogens is 1. The van der Waals surface area contributed by atoms with Crippen molar-refractivity contribution in [1.29, 1.82) is 0 Å². The SMILES string of the molecule is CC(C)c1ccc(S(=O)(=O)[C@@H](CNC(=O)c2ccncc2)c2cccs2)cc1. The molecule has 0 saturated carbocycles. The van der Waals surface area contributed by atoms with E-state index >= 15 is 0 Å². The minimum absolute atomic E-state index is 0.00403. The second kappa shape index (κ2) is 8.67. The first-order valence-electron chi connectivity index (χ1n) is 8.95. The van der Waals surface area contributed by atoms with Gasteiger partial charge in [-0.25, -0.2) is 8.42 Å². The van der Waals surface area contributed by atoms with Crippen molar-refractivity contribution in [2.75, 3.05) is 6.54 Å². The Morgan fingerprint density at radius 3 is 2.32 bits per heavy atom.